The first-order chi connectivity index (χ1) is 16.1. The molecule has 5 heterocycles. The van der Waals surface area contributed by atoms with Crippen molar-refractivity contribution in [3.8, 4) is 0 Å². The molecule has 4 aromatic heterocycles. The Balaban J connectivity index is 1.21. The van der Waals surface area contributed by atoms with E-state index in [4.69, 9.17) is 4.52 Å². The van der Waals surface area contributed by atoms with Crippen LogP contribution in [0.25, 0.3) is 22.1 Å². The van der Waals surface area contributed by atoms with Crippen LogP contribution in [0, 0.1) is 0 Å². The SMILES string of the molecule is CCc1cc2ncc(CN3CCN(c4cnc5c(NC)noc5c4)[C@@H]4CC[C@H]43)cc2[nH]c1=O. The van der Waals surface area contributed by atoms with E-state index in [0.717, 1.165) is 53.0 Å². The molecule has 4 aromatic rings. The third-order valence-electron chi connectivity index (χ3n) is 7.16. The Morgan fingerprint density at radius 1 is 1.15 bits per heavy atom. The van der Waals surface area contributed by atoms with Crippen molar-refractivity contribution in [3.63, 3.8) is 0 Å². The van der Waals surface area contributed by atoms with Crippen LogP contribution < -0.4 is 15.8 Å². The summed E-state index contributed by atoms with van der Waals surface area (Å²) in [5.41, 5.74) is 6.10. The fraction of sp³-hybridized carbons (Fsp3) is 0.417. The number of hydrogen-bond donors (Lipinski definition) is 2. The van der Waals surface area contributed by atoms with E-state index in [2.05, 4.69) is 47.4 Å². The molecule has 0 amide bonds. The van der Waals surface area contributed by atoms with Crippen molar-refractivity contribution in [3.05, 3.63) is 52.1 Å². The number of hydrogen-bond acceptors (Lipinski definition) is 8. The molecule has 2 fully saturated rings. The molecular weight excluding hydrogens is 418 g/mol. The molecular formula is C24H27N7O2. The molecule has 2 aliphatic rings. The van der Waals surface area contributed by atoms with E-state index in [1.54, 1.807) is 0 Å². The van der Waals surface area contributed by atoms with Crippen LogP contribution in [0.15, 0.2) is 39.9 Å². The molecule has 1 saturated carbocycles. The third-order valence-corrected chi connectivity index (χ3v) is 7.16. The third kappa shape index (κ3) is 3.34. The van der Waals surface area contributed by atoms with Crippen LogP contribution in [0.4, 0.5) is 11.5 Å². The summed E-state index contributed by atoms with van der Waals surface area (Å²) in [6, 6.07) is 6.98. The van der Waals surface area contributed by atoms with Crippen LogP contribution >= 0.6 is 0 Å². The maximum atomic E-state index is 12.2. The van der Waals surface area contributed by atoms with Gasteiger partial charge in [0.1, 0.15) is 0 Å². The second-order valence-electron chi connectivity index (χ2n) is 8.95. The number of H-pyrrole nitrogens is 1. The molecule has 33 heavy (non-hydrogen) atoms. The van der Waals surface area contributed by atoms with Gasteiger partial charge in [0.05, 0.1) is 22.9 Å². The fourth-order valence-electron chi connectivity index (χ4n) is 5.23. The van der Waals surface area contributed by atoms with Crippen molar-refractivity contribution >= 4 is 33.6 Å². The van der Waals surface area contributed by atoms with Crippen LogP contribution in [0.1, 0.15) is 30.9 Å². The number of anilines is 2. The maximum Gasteiger partial charge on any atom is 0.251 e. The average molecular weight is 446 g/mol. The lowest BCUT2D eigenvalue weighted by Crippen LogP contribution is -2.64. The molecule has 6 rings (SSSR count). The molecule has 0 spiro atoms. The van der Waals surface area contributed by atoms with Crippen molar-refractivity contribution < 1.29 is 4.52 Å². The zero-order valence-corrected chi connectivity index (χ0v) is 18.8. The van der Waals surface area contributed by atoms with E-state index in [-0.39, 0.29) is 5.56 Å². The highest BCUT2D eigenvalue weighted by Gasteiger charge is 2.43. The monoisotopic (exact) mass is 445 g/mol. The first-order valence-electron chi connectivity index (χ1n) is 11.6. The molecule has 9 heteroatoms. The predicted octanol–water partition coefficient (Wildman–Crippen LogP) is 2.92. The van der Waals surface area contributed by atoms with Crippen LogP contribution in [0.3, 0.4) is 0 Å². The second-order valence-corrected chi connectivity index (χ2v) is 8.95. The summed E-state index contributed by atoms with van der Waals surface area (Å²) in [5.74, 6) is 0.666. The number of aromatic nitrogens is 4. The van der Waals surface area contributed by atoms with E-state index >= 15 is 0 Å². The largest absolute Gasteiger partial charge is 0.369 e. The van der Waals surface area contributed by atoms with Gasteiger partial charge in [-0.1, -0.05) is 12.1 Å². The molecule has 1 saturated heterocycles. The first kappa shape index (κ1) is 20.2. The molecule has 0 unspecified atom stereocenters. The van der Waals surface area contributed by atoms with Crippen molar-refractivity contribution in [2.45, 2.75) is 44.8 Å². The van der Waals surface area contributed by atoms with Crippen LogP contribution in [0.5, 0.6) is 0 Å². The van der Waals surface area contributed by atoms with Crippen LogP contribution in [-0.2, 0) is 13.0 Å². The fourth-order valence-corrected chi connectivity index (χ4v) is 5.23. The van der Waals surface area contributed by atoms with Crippen molar-refractivity contribution in [1.29, 1.82) is 0 Å². The van der Waals surface area contributed by atoms with Crippen LogP contribution in [-0.4, -0.2) is 57.2 Å². The van der Waals surface area contributed by atoms with Gasteiger partial charge in [-0.2, -0.15) is 0 Å². The molecule has 9 nitrogen and oxygen atoms in total. The summed E-state index contributed by atoms with van der Waals surface area (Å²) < 4.78 is 5.47. The predicted molar refractivity (Wildman–Crippen MR) is 128 cm³/mol. The minimum atomic E-state index is -0.0178. The van der Waals surface area contributed by atoms with Gasteiger partial charge in [-0.15, -0.1) is 0 Å². The van der Waals surface area contributed by atoms with Crippen molar-refractivity contribution in [2.75, 3.05) is 30.4 Å². The Hall–Kier alpha value is -3.46. The van der Waals surface area contributed by atoms with Crippen LogP contribution in [0.2, 0.25) is 0 Å². The number of nitrogens with zero attached hydrogens (tertiary/aromatic N) is 5. The minimum Gasteiger partial charge on any atom is -0.369 e. The van der Waals surface area contributed by atoms with E-state index in [9.17, 15) is 4.79 Å². The average Bonchev–Trinajstić information content (AvgIpc) is 3.22. The summed E-state index contributed by atoms with van der Waals surface area (Å²) in [4.78, 5) is 29.4. The molecule has 1 aliphatic heterocycles. The van der Waals surface area contributed by atoms with Gasteiger partial charge in [-0.05, 0) is 37.0 Å². The lowest BCUT2D eigenvalue weighted by Gasteiger charge is -2.54. The molecule has 1 aliphatic carbocycles. The lowest BCUT2D eigenvalue weighted by molar-refractivity contribution is 0.0659. The molecule has 170 valence electrons. The number of fused-ring (bicyclic) bond motifs is 3. The minimum absolute atomic E-state index is 0.0178. The summed E-state index contributed by atoms with van der Waals surface area (Å²) >= 11 is 0. The summed E-state index contributed by atoms with van der Waals surface area (Å²) in [7, 11) is 1.82. The van der Waals surface area contributed by atoms with E-state index in [0.29, 0.717) is 29.9 Å². The molecule has 0 aromatic carbocycles. The molecule has 0 radical (unpaired) electrons. The van der Waals surface area contributed by atoms with Gasteiger partial charge in [-0.3, -0.25) is 14.7 Å². The van der Waals surface area contributed by atoms with E-state index in [1.165, 1.54) is 12.8 Å². The number of rotatable bonds is 5. The maximum absolute atomic E-state index is 12.2. The van der Waals surface area contributed by atoms with Gasteiger partial charge >= 0.3 is 0 Å². The Morgan fingerprint density at radius 2 is 2.03 bits per heavy atom. The van der Waals surface area contributed by atoms with Gasteiger partial charge in [0.2, 0.25) is 0 Å². The summed E-state index contributed by atoms with van der Waals surface area (Å²) in [6.45, 7) is 4.71. The Labute approximate surface area is 190 Å². The highest BCUT2D eigenvalue weighted by molar-refractivity contribution is 5.86. The highest BCUT2D eigenvalue weighted by Crippen LogP contribution is 2.38. The second kappa shape index (κ2) is 7.84. The molecule has 2 N–H and O–H groups in total. The summed E-state index contributed by atoms with van der Waals surface area (Å²) in [5, 5.41) is 7.05. The van der Waals surface area contributed by atoms with Gasteiger partial charge in [0, 0.05) is 56.6 Å². The topological polar surface area (TPSA) is 103 Å². The Kier molecular flexibility index (Phi) is 4.79. The zero-order valence-electron chi connectivity index (χ0n) is 18.8. The van der Waals surface area contributed by atoms with Gasteiger partial charge < -0.3 is 19.7 Å². The Bertz CT molecular complexity index is 1390. The number of aryl methyl sites for hydroxylation is 1. The molecule has 0 bridgehead atoms. The highest BCUT2D eigenvalue weighted by atomic mass is 16.5. The van der Waals surface area contributed by atoms with E-state index in [1.807, 2.05) is 32.4 Å². The van der Waals surface area contributed by atoms with E-state index < -0.39 is 0 Å². The number of pyridine rings is 3. The van der Waals surface area contributed by atoms with Crippen molar-refractivity contribution in [1.82, 2.24) is 25.0 Å². The van der Waals surface area contributed by atoms with Gasteiger partial charge in [-0.25, -0.2) is 4.98 Å². The standard InChI is InChI=1S/C24H27N7O2/c1-3-15-9-17-18(28-24(15)32)8-14(11-26-17)13-30-6-7-31(20-5-4-19(20)30)16-10-21-22(27-12-16)23(25-2)29-33-21/h8-12,19-20H,3-7,13H2,1-2H3,(H,25,29)(H,28,32)/t19-,20-/m1/s1. The first-order valence-corrected chi connectivity index (χ1v) is 11.6. The molecule has 2 atom stereocenters. The number of nitrogens with one attached hydrogen (secondary N) is 2. The quantitative estimate of drug-likeness (QED) is 0.483. The van der Waals surface area contributed by atoms with Crippen molar-refractivity contribution in [2.24, 2.45) is 0 Å². The zero-order chi connectivity index (χ0) is 22.5. The Morgan fingerprint density at radius 3 is 2.82 bits per heavy atom. The number of piperazine rings is 1. The van der Waals surface area contributed by atoms with Gasteiger partial charge in [0.15, 0.2) is 16.9 Å². The van der Waals surface area contributed by atoms with Gasteiger partial charge in [0.25, 0.3) is 5.56 Å². The normalized spacial score (nSPS) is 20.7. The summed E-state index contributed by atoms with van der Waals surface area (Å²) in [6.07, 6.45) is 6.93. The smallest absolute Gasteiger partial charge is 0.251 e. The number of aromatic amines is 1. The lowest BCUT2D eigenvalue weighted by atomic mass is 9.81.